The van der Waals surface area contributed by atoms with Gasteiger partial charge in [-0.2, -0.15) is 0 Å². The highest BCUT2D eigenvalue weighted by Crippen LogP contribution is 2.30. The van der Waals surface area contributed by atoms with Gasteiger partial charge >= 0.3 is 0 Å². The number of aromatic nitrogens is 3. The van der Waals surface area contributed by atoms with Crippen molar-refractivity contribution in [3.8, 4) is 11.5 Å². The van der Waals surface area contributed by atoms with Crippen LogP contribution in [0.4, 0.5) is 0 Å². The first-order chi connectivity index (χ1) is 10.9. The standard InChI is InChI=1S/C17H13N3OS/c1-2-6-12(7-3-1)11-22-17-20-19-16(21-17)14-10-18-15-9-5-4-8-13(14)15/h1-10,18H,11H2. The summed E-state index contributed by atoms with van der Waals surface area (Å²) in [5.74, 6) is 1.36. The summed E-state index contributed by atoms with van der Waals surface area (Å²) in [6.45, 7) is 0. The summed E-state index contributed by atoms with van der Waals surface area (Å²) in [6.07, 6.45) is 1.91. The van der Waals surface area contributed by atoms with E-state index in [0.717, 1.165) is 22.2 Å². The lowest BCUT2D eigenvalue weighted by atomic mass is 10.2. The van der Waals surface area contributed by atoms with Crippen LogP contribution in [0.3, 0.4) is 0 Å². The van der Waals surface area contributed by atoms with Gasteiger partial charge in [0.15, 0.2) is 0 Å². The summed E-state index contributed by atoms with van der Waals surface area (Å²) < 4.78 is 5.78. The lowest BCUT2D eigenvalue weighted by molar-refractivity contribution is 0.466. The van der Waals surface area contributed by atoms with Crippen LogP contribution >= 0.6 is 11.8 Å². The van der Waals surface area contributed by atoms with Crippen molar-refractivity contribution in [3.05, 3.63) is 66.4 Å². The van der Waals surface area contributed by atoms with Crippen LogP contribution in [0.5, 0.6) is 0 Å². The second kappa shape index (κ2) is 5.69. The minimum Gasteiger partial charge on any atom is -0.411 e. The van der Waals surface area contributed by atoms with Crippen molar-refractivity contribution in [2.24, 2.45) is 0 Å². The Labute approximate surface area is 131 Å². The molecule has 0 bridgehead atoms. The second-order valence-electron chi connectivity index (χ2n) is 4.90. The van der Waals surface area contributed by atoms with E-state index in [0.29, 0.717) is 11.1 Å². The van der Waals surface area contributed by atoms with Gasteiger partial charge in [0, 0.05) is 22.9 Å². The largest absolute Gasteiger partial charge is 0.411 e. The van der Waals surface area contributed by atoms with Crippen molar-refractivity contribution in [3.63, 3.8) is 0 Å². The number of hydrogen-bond acceptors (Lipinski definition) is 4. The highest BCUT2D eigenvalue weighted by Gasteiger charge is 2.13. The number of nitrogens with one attached hydrogen (secondary N) is 1. The summed E-state index contributed by atoms with van der Waals surface area (Å²) in [7, 11) is 0. The van der Waals surface area contributed by atoms with Crippen LogP contribution in [-0.2, 0) is 5.75 Å². The maximum atomic E-state index is 5.78. The molecule has 0 atom stereocenters. The number of para-hydroxylation sites is 1. The summed E-state index contributed by atoms with van der Waals surface area (Å²) in [5, 5.41) is 9.97. The van der Waals surface area contributed by atoms with E-state index in [-0.39, 0.29) is 0 Å². The molecular formula is C17H13N3OS. The lowest BCUT2D eigenvalue weighted by Crippen LogP contribution is -1.79. The number of rotatable bonds is 4. The molecule has 0 saturated carbocycles. The molecule has 2 aromatic carbocycles. The summed E-state index contributed by atoms with van der Waals surface area (Å²) in [4.78, 5) is 3.22. The van der Waals surface area contributed by atoms with Gasteiger partial charge in [-0.3, -0.25) is 0 Å². The molecule has 4 rings (SSSR count). The molecule has 0 unspecified atom stereocenters. The lowest BCUT2D eigenvalue weighted by Gasteiger charge is -1.96. The molecule has 2 aromatic heterocycles. The quantitative estimate of drug-likeness (QED) is 0.564. The van der Waals surface area contributed by atoms with Gasteiger partial charge in [0.2, 0.25) is 0 Å². The fraction of sp³-hybridized carbons (Fsp3) is 0.0588. The van der Waals surface area contributed by atoms with Gasteiger partial charge in [0.25, 0.3) is 11.1 Å². The average molecular weight is 307 g/mol. The Morgan fingerprint density at radius 1 is 0.955 bits per heavy atom. The summed E-state index contributed by atoms with van der Waals surface area (Å²) >= 11 is 1.55. The first-order valence-corrected chi connectivity index (χ1v) is 7.95. The molecule has 0 radical (unpaired) electrons. The minimum atomic E-state index is 0.549. The zero-order valence-electron chi connectivity index (χ0n) is 11.7. The van der Waals surface area contributed by atoms with Crippen molar-refractivity contribution in [1.29, 1.82) is 0 Å². The molecule has 4 aromatic rings. The number of thioether (sulfide) groups is 1. The maximum absolute atomic E-state index is 5.78. The number of fused-ring (bicyclic) bond motifs is 1. The van der Waals surface area contributed by atoms with Crippen LogP contribution in [0.25, 0.3) is 22.4 Å². The first-order valence-electron chi connectivity index (χ1n) is 6.97. The van der Waals surface area contributed by atoms with Crippen molar-refractivity contribution in [1.82, 2.24) is 15.2 Å². The predicted molar refractivity (Wildman–Crippen MR) is 87.6 cm³/mol. The molecular weight excluding hydrogens is 294 g/mol. The van der Waals surface area contributed by atoms with Crippen molar-refractivity contribution >= 4 is 22.7 Å². The van der Waals surface area contributed by atoms with Crippen LogP contribution in [0.15, 0.2) is 70.4 Å². The van der Waals surface area contributed by atoms with Gasteiger partial charge in [-0.15, -0.1) is 10.2 Å². The molecule has 0 aliphatic carbocycles. The maximum Gasteiger partial charge on any atom is 0.277 e. The number of benzene rings is 2. The molecule has 0 fully saturated rings. The molecule has 1 N–H and O–H groups in total. The Morgan fingerprint density at radius 2 is 1.77 bits per heavy atom. The third kappa shape index (κ3) is 2.51. The van der Waals surface area contributed by atoms with E-state index in [1.165, 1.54) is 5.56 Å². The topological polar surface area (TPSA) is 54.7 Å². The number of hydrogen-bond donors (Lipinski definition) is 1. The first kappa shape index (κ1) is 13.2. The molecule has 0 amide bonds. The summed E-state index contributed by atoms with van der Waals surface area (Å²) in [5.41, 5.74) is 3.24. The van der Waals surface area contributed by atoms with Crippen LogP contribution in [0.2, 0.25) is 0 Å². The van der Waals surface area contributed by atoms with Gasteiger partial charge in [0.1, 0.15) is 0 Å². The van der Waals surface area contributed by atoms with Crippen molar-refractivity contribution in [2.45, 2.75) is 11.0 Å². The average Bonchev–Trinajstić information content (AvgIpc) is 3.20. The van der Waals surface area contributed by atoms with E-state index in [9.17, 15) is 0 Å². The molecule has 2 heterocycles. The third-order valence-electron chi connectivity index (χ3n) is 3.43. The molecule has 5 heteroatoms. The summed E-state index contributed by atoms with van der Waals surface area (Å²) in [6, 6.07) is 18.3. The monoisotopic (exact) mass is 307 g/mol. The van der Waals surface area contributed by atoms with Gasteiger partial charge in [-0.1, -0.05) is 60.3 Å². The molecule has 108 valence electrons. The van der Waals surface area contributed by atoms with Gasteiger partial charge in [-0.25, -0.2) is 0 Å². The van der Waals surface area contributed by atoms with E-state index in [1.54, 1.807) is 11.8 Å². The van der Waals surface area contributed by atoms with Gasteiger partial charge in [-0.05, 0) is 11.6 Å². The second-order valence-corrected chi connectivity index (χ2v) is 5.82. The number of H-pyrrole nitrogens is 1. The third-order valence-corrected chi connectivity index (χ3v) is 4.32. The molecule has 22 heavy (non-hydrogen) atoms. The highest BCUT2D eigenvalue weighted by atomic mass is 32.2. The van der Waals surface area contributed by atoms with E-state index >= 15 is 0 Å². The molecule has 4 nitrogen and oxygen atoms in total. The van der Waals surface area contributed by atoms with Crippen LogP contribution in [0, 0.1) is 0 Å². The fourth-order valence-electron chi connectivity index (χ4n) is 2.34. The molecule has 0 saturated heterocycles. The fourth-order valence-corrected chi connectivity index (χ4v) is 3.06. The van der Waals surface area contributed by atoms with Crippen LogP contribution < -0.4 is 0 Å². The van der Waals surface area contributed by atoms with Gasteiger partial charge in [0.05, 0.1) is 5.56 Å². The Kier molecular flexibility index (Phi) is 3.40. The van der Waals surface area contributed by atoms with Crippen molar-refractivity contribution < 1.29 is 4.42 Å². The van der Waals surface area contributed by atoms with E-state index < -0.39 is 0 Å². The minimum absolute atomic E-state index is 0.549. The van der Waals surface area contributed by atoms with Crippen LogP contribution in [-0.4, -0.2) is 15.2 Å². The van der Waals surface area contributed by atoms with Gasteiger partial charge < -0.3 is 9.40 Å². The Bertz CT molecular complexity index is 898. The zero-order valence-corrected chi connectivity index (χ0v) is 12.5. The number of aromatic amines is 1. The zero-order chi connectivity index (χ0) is 14.8. The molecule has 0 spiro atoms. The predicted octanol–water partition coefficient (Wildman–Crippen LogP) is 4.51. The SMILES string of the molecule is c1ccc(CSc2nnc(-c3c[nH]c4ccccc34)o2)cc1. The molecule has 0 aliphatic rings. The van der Waals surface area contributed by atoms with E-state index in [4.69, 9.17) is 4.42 Å². The molecule has 0 aliphatic heterocycles. The Balaban J connectivity index is 1.56. The Morgan fingerprint density at radius 3 is 2.68 bits per heavy atom. The smallest absolute Gasteiger partial charge is 0.277 e. The number of nitrogens with zero attached hydrogens (tertiary/aromatic N) is 2. The van der Waals surface area contributed by atoms with E-state index in [1.807, 2.05) is 48.7 Å². The van der Waals surface area contributed by atoms with Crippen molar-refractivity contribution in [2.75, 3.05) is 0 Å². The highest BCUT2D eigenvalue weighted by molar-refractivity contribution is 7.98. The van der Waals surface area contributed by atoms with E-state index in [2.05, 4.69) is 27.3 Å². The Hall–Kier alpha value is -2.53. The normalized spacial score (nSPS) is 11.1. The van der Waals surface area contributed by atoms with Crippen LogP contribution in [0.1, 0.15) is 5.56 Å².